The standard InChI is InChI=1S/C21H22FN5OS/c1-13-2-5-18(24-23-13)14-3-4-16(17(22)10-14)21(6-7-21)20-26-25-19-11-15(12-28)29-9-8-27(19)20/h2-5,10,15,28H,6-9,11-12H2,1H3/t15-/m1/s1. The van der Waals surface area contributed by atoms with E-state index < -0.39 is 5.41 Å². The Balaban J connectivity index is 1.50. The van der Waals surface area contributed by atoms with Crippen LogP contribution < -0.4 is 0 Å². The Morgan fingerprint density at radius 3 is 2.72 bits per heavy atom. The molecule has 0 radical (unpaired) electrons. The van der Waals surface area contributed by atoms with Gasteiger partial charge in [-0.1, -0.05) is 12.1 Å². The second-order valence-electron chi connectivity index (χ2n) is 7.81. The lowest BCUT2D eigenvalue weighted by atomic mass is 9.92. The zero-order valence-electron chi connectivity index (χ0n) is 16.2. The van der Waals surface area contributed by atoms with Gasteiger partial charge in [-0.05, 0) is 38.0 Å². The normalized spacial score (nSPS) is 20.2. The van der Waals surface area contributed by atoms with E-state index in [1.54, 1.807) is 17.8 Å². The highest BCUT2D eigenvalue weighted by molar-refractivity contribution is 7.99. The van der Waals surface area contributed by atoms with Gasteiger partial charge in [-0.2, -0.15) is 22.0 Å². The maximum Gasteiger partial charge on any atom is 0.143 e. The Hall–Kier alpha value is -2.32. The lowest BCUT2D eigenvalue weighted by molar-refractivity contribution is 0.293. The number of nitrogens with zero attached hydrogens (tertiary/aromatic N) is 5. The van der Waals surface area contributed by atoms with Gasteiger partial charge < -0.3 is 9.67 Å². The summed E-state index contributed by atoms with van der Waals surface area (Å²) in [4.78, 5) is 0. The molecule has 3 heterocycles. The molecule has 1 aliphatic heterocycles. The van der Waals surface area contributed by atoms with Crippen LogP contribution in [-0.2, 0) is 18.4 Å². The fourth-order valence-corrected chi connectivity index (χ4v) is 5.11. The van der Waals surface area contributed by atoms with Crippen molar-refractivity contribution >= 4 is 11.8 Å². The molecule has 5 rings (SSSR count). The maximum absolute atomic E-state index is 15.2. The number of halogens is 1. The first-order valence-corrected chi connectivity index (χ1v) is 10.9. The van der Waals surface area contributed by atoms with Crippen LogP contribution in [0.15, 0.2) is 30.3 Å². The van der Waals surface area contributed by atoms with Gasteiger partial charge >= 0.3 is 0 Å². The van der Waals surface area contributed by atoms with Crippen molar-refractivity contribution in [2.75, 3.05) is 12.4 Å². The number of fused-ring (bicyclic) bond motifs is 1. The highest BCUT2D eigenvalue weighted by Gasteiger charge is 2.52. The van der Waals surface area contributed by atoms with Gasteiger partial charge in [0.2, 0.25) is 0 Å². The summed E-state index contributed by atoms with van der Waals surface area (Å²) < 4.78 is 17.4. The summed E-state index contributed by atoms with van der Waals surface area (Å²) in [5.41, 5.74) is 2.48. The average Bonchev–Trinajstić information content (AvgIpc) is 3.47. The Kier molecular flexibility index (Phi) is 4.63. The molecule has 0 amide bonds. The number of benzene rings is 1. The van der Waals surface area contributed by atoms with Gasteiger partial charge in [-0.15, -0.1) is 10.2 Å². The van der Waals surface area contributed by atoms with Gasteiger partial charge in [-0.25, -0.2) is 4.39 Å². The van der Waals surface area contributed by atoms with Crippen molar-refractivity contribution in [2.45, 2.75) is 43.4 Å². The Bertz CT molecular complexity index is 1050. The van der Waals surface area contributed by atoms with E-state index >= 15 is 4.39 Å². The average molecular weight is 412 g/mol. The van der Waals surface area contributed by atoms with Crippen LogP contribution in [0.4, 0.5) is 4.39 Å². The van der Waals surface area contributed by atoms with Crippen molar-refractivity contribution < 1.29 is 9.50 Å². The quantitative estimate of drug-likeness (QED) is 0.711. The highest BCUT2D eigenvalue weighted by atomic mass is 32.2. The smallest absolute Gasteiger partial charge is 0.143 e. The van der Waals surface area contributed by atoms with E-state index in [9.17, 15) is 5.11 Å². The molecule has 1 saturated carbocycles. The minimum Gasteiger partial charge on any atom is -0.395 e. The van der Waals surface area contributed by atoms with Crippen LogP contribution in [-0.4, -0.2) is 47.7 Å². The predicted octanol–water partition coefficient (Wildman–Crippen LogP) is 2.91. The third-order valence-electron chi connectivity index (χ3n) is 5.87. The number of aliphatic hydroxyl groups excluding tert-OH is 1. The fourth-order valence-electron chi connectivity index (χ4n) is 4.12. The second-order valence-corrected chi connectivity index (χ2v) is 9.22. The van der Waals surface area contributed by atoms with Crippen molar-refractivity contribution in [3.8, 4) is 11.3 Å². The van der Waals surface area contributed by atoms with E-state index in [4.69, 9.17) is 0 Å². The van der Waals surface area contributed by atoms with E-state index in [0.29, 0.717) is 17.7 Å². The Morgan fingerprint density at radius 2 is 2.03 bits per heavy atom. The number of aliphatic hydroxyl groups is 1. The van der Waals surface area contributed by atoms with Crippen LogP contribution in [0.3, 0.4) is 0 Å². The fraction of sp³-hybridized carbons (Fsp3) is 0.429. The topological polar surface area (TPSA) is 76.7 Å². The number of rotatable bonds is 4. The third-order valence-corrected chi connectivity index (χ3v) is 7.07. The monoisotopic (exact) mass is 411 g/mol. The highest BCUT2D eigenvalue weighted by Crippen LogP contribution is 2.54. The molecular weight excluding hydrogens is 389 g/mol. The number of thioether (sulfide) groups is 1. The lowest BCUT2D eigenvalue weighted by Gasteiger charge is -2.18. The molecule has 1 aliphatic carbocycles. The number of aryl methyl sites for hydroxylation is 1. The van der Waals surface area contributed by atoms with Crippen LogP contribution in [0.2, 0.25) is 0 Å². The Morgan fingerprint density at radius 1 is 1.17 bits per heavy atom. The van der Waals surface area contributed by atoms with Crippen molar-refractivity contribution in [2.24, 2.45) is 0 Å². The van der Waals surface area contributed by atoms with Gasteiger partial charge in [0.05, 0.1) is 23.4 Å². The van der Waals surface area contributed by atoms with Gasteiger partial charge in [-0.3, -0.25) is 0 Å². The van der Waals surface area contributed by atoms with E-state index in [0.717, 1.165) is 48.0 Å². The van der Waals surface area contributed by atoms with Crippen LogP contribution in [0.25, 0.3) is 11.3 Å². The van der Waals surface area contributed by atoms with E-state index in [1.807, 2.05) is 31.2 Å². The molecule has 0 unspecified atom stereocenters. The van der Waals surface area contributed by atoms with Crippen molar-refractivity contribution in [1.29, 1.82) is 0 Å². The zero-order valence-corrected chi connectivity index (χ0v) is 17.0. The van der Waals surface area contributed by atoms with Crippen LogP contribution in [0.1, 0.15) is 35.7 Å². The van der Waals surface area contributed by atoms with Gasteiger partial charge in [0, 0.05) is 35.1 Å². The molecular formula is C21H22FN5OS. The summed E-state index contributed by atoms with van der Waals surface area (Å²) in [5.74, 6) is 2.40. The van der Waals surface area contributed by atoms with Crippen LogP contribution >= 0.6 is 11.8 Å². The molecule has 3 aromatic rings. The molecule has 1 atom stereocenters. The summed E-state index contributed by atoms with van der Waals surface area (Å²) >= 11 is 1.76. The summed E-state index contributed by atoms with van der Waals surface area (Å²) in [6.07, 6.45) is 2.42. The molecule has 1 N–H and O–H groups in total. The molecule has 2 aromatic heterocycles. The lowest BCUT2D eigenvalue weighted by Crippen LogP contribution is -2.19. The molecule has 1 aromatic carbocycles. The maximum atomic E-state index is 15.2. The van der Waals surface area contributed by atoms with Gasteiger partial charge in [0.15, 0.2) is 0 Å². The molecule has 29 heavy (non-hydrogen) atoms. The summed E-state index contributed by atoms with van der Waals surface area (Å²) in [7, 11) is 0. The van der Waals surface area contributed by atoms with Gasteiger partial charge in [0.1, 0.15) is 17.5 Å². The molecule has 0 spiro atoms. The molecule has 6 nitrogen and oxygen atoms in total. The van der Waals surface area contributed by atoms with E-state index in [-0.39, 0.29) is 17.7 Å². The number of aromatic nitrogens is 5. The molecule has 0 bridgehead atoms. The summed E-state index contributed by atoms with van der Waals surface area (Å²) in [6.45, 7) is 2.80. The SMILES string of the molecule is Cc1ccc(-c2ccc(C3(c4nnc5n4CCS[C@@H](CO)C5)CC3)c(F)c2)nn1. The first kappa shape index (κ1) is 18.7. The molecule has 0 saturated heterocycles. The van der Waals surface area contributed by atoms with Crippen molar-refractivity contribution in [3.05, 3.63) is 59.1 Å². The molecule has 1 fully saturated rings. The first-order valence-electron chi connectivity index (χ1n) is 9.86. The molecule has 150 valence electrons. The second kappa shape index (κ2) is 7.18. The number of hydrogen-bond donors (Lipinski definition) is 1. The van der Waals surface area contributed by atoms with E-state index in [2.05, 4.69) is 25.0 Å². The van der Waals surface area contributed by atoms with E-state index in [1.165, 1.54) is 0 Å². The first-order chi connectivity index (χ1) is 14.1. The summed E-state index contributed by atoms with van der Waals surface area (Å²) in [5, 5.41) is 26.8. The largest absolute Gasteiger partial charge is 0.395 e. The zero-order chi connectivity index (χ0) is 20.0. The number of hydrogen-bond acceptors (Lipinski definition) is 6. The predicted molar refractivity (Wildman–Crippen MR) is 109 cm³/mol. The summed E-state index contributed by atoms with van der Waals surface area (Å²) in [6, 6.07) is 9.06. The van der Waals surface area contributed by atoms with Crippen molar-refractivity contribution in [1.82, 2.24) is 25.0 Å². The third kappa shape index (κ3) is 3.24. The van der Waals surface area contributed by atoms with Crippen LogP contribution in [0.5, 0.6) is 0 Å². The van der Waals surface area contributed by atoms with Gasteiger partial charge in [0.25, 0.3) is 0 Å². The minimum atomic E-state index is -0.406. The minimum absolute atomic E-state index is 0.135. The molecule has 8 heteroatoms. The molecule has 2 aliphatic rings. The van der Waals surface area contributed by atoms with Crippen LogP contribution in [0, 0.1) is 12.7 Å². The Labute approximate surface area is 172 Å². The van der Waals surface area contributed by atoms with Crippen molar-refractivity contribution in [3.63, 3.8) is 0 Å².